The minimum Gasteiger partial charge on any atom is -0.368 e. The monoisotopic (exact) mass is 462 g/mol. The molecule has 2 aromatic carbocycles. The number of benzene rings is 2. The summed E-state index contributed by atoms with van der Waals surface area (Å²) in [5.74, 6) is -2.33. The predicted octanol–water partition coefficient (Wildman–Crippen LogP) is 1.85. The van der Waals surface area contributed by atoms with E-state index in [4.69, 9.17) is 0 Å². The molecule has 0 saturated carbocycles. The maximum absolute atomic E-state index is 13.7. The van der Waals surface area contributed by atoms with Gasteiger partial charge in [-0.05, 0) is 17.7 Å². The first-order chi connectivity index (χ1) is 15.3. The smallest absolute Gasteiger partial charge is 0.246 e. The molecule has 10 heteroatoms. The molecule has 170 valence electrons. The molecule has 32 heavy (non-hydrogen) atoms. The topological polar surface area (TPSA) is 90.9 Å². The number of carbonyl (C=O) groups excluding carboxylic acids is 1. The lowest BCUT2D eigenvalue weighted by Gasteiger charge is -2.15. The third-order valence-corrected chi connectivity index (χ3v) is 6.34. The zero-order valence-electron chi connectivity index (χ0n) is 17.5. The number of amides is 1. The number of amidine groups is 1. The summed E-state index contributed by atoms with van der Waals surface area (Å²) >= 11 is 0. The van der Waals surface area contributed by atoms with Crippen molar-refractivity contribution in [1.29, 1.82) is 0 Å². The number of sulfone groups is 1. The Morgan fingerprint density at radius 3 is 2.50 bits per heavy atom. The van der Waals surface area contributed by atoms with Gasteiger partial charge in [0, 0.05) is 38.3 Å². The van der Waals surface area contributed by atoms with E-state index in [9.17, 15) is 22.0 Å². The summed E-state index contributed by atoms with van der Waals surface area (Å²) in [5.41, 5.74) is 1.95. The van der Waals surface area contributed by atoms with Crippen LogP contribution in [0, 0.1) is 11.6 Å². The zero-order valence-corrected chi connectivity index (χ0v) is 18.3. The van der Waals surface area contributed by atoms with Gasteiger partial charge in [-0.25, -0.2) is 17.2 Å². The van der Waals surface area contributed by atoms with Crippen molar-refractivity contribution in [3.05, 3.63) is 77.4 Å². The van der Waals surface area contributed by atoms with E-state index < -0.39 is 32.2 Å². The summed E-state index contributed by atoms with van der Waals surface area (Å²) in [6, 6.07) is 10.6. The van der Waals surface area contributed by atoms with E-state index in [0.29, 0.717) is 6.54 Å². The van der Waals surface area contributed by atoms with Crippen molar-refractivity contribution in [1.82, 2.24) is 15.5 Å². The van der Waals surface area contributed by atoms with Crippen LogP contribution in [0.1, 0.15) is 11.1 Å². The van der Waals surface area contributed by atoms with Gasteiger partial charge in [0.15, 0.2) is 9.84 Å². The molecule has 1 amide bonds. The molecule has 0 aliphatic carbocycles. The molecule has 0 radical (unpaired) electrons. The van der Waals surface area contributed by atoms with Gasteiger partial charge in [0.1, 0.15) is 28.2 Å². The predicted molar refractivity (Wildman–Crippen MR) is 118 cm³/mol. The lowest BCUT2D eigenvalue weighted by Crippen LogP contribution is -2.26. The van der Waals surface area contributed by atoms with Gasteiger partial charge in [-0.2, -0.15) is 0 Å². The summed E-state index contributed by atoms with van der Waals surface area (Å²) in [4.78, 5) is 17.2. The zero-order chi connectivity index (χ0) is 23.1. The molecule has 1 aliphatic heterocycles. The van der Waals surface area contributed by atoms with Gasteiger partial charge >= 0.3 is 0 Å². The van der Waals surface area contributed by atoms with Crippen LogP contribution in [-0.4, -0.2) is 57.6 Å². The van der Waals surface area contributed by atoms with Gasteiger partial charge in [-0.3, -0.25) is 15.1 Å². The van der Waals surface area contributed by atoms with Gasteiger partial charge in [0.25, 0.3) is 0 Å². The van der Waals surface area contributed by atoms with Crippen LogP contribution in [0.15, 0.2) is 64.5 Å². The molecule has 3 rings (SSSR count). The number of nitrogens with one attached hydrogen (secondary N) is 2. The SMILES string of the molecule is CN(Cc1ccc(C2=NCCN2)cc1)C(=O)/C=C/CNCS(=O)(=O)c1c(F)cccc1F. The van der Waals surface area contributed by atoms with E-state index in [1.165, 1.54) is 17.1 Å². The maximum atomic E-state index is 13.7. The van der Waals surface area contributed by atoms with Crippen molar-refractivity contribution in [2.75, 3.05) is 32.6 Å². The summed E-state index contributed by atoms with van der Waals surface area (Å²) in [6.45, 7) is 2.04. The van der Waals surface area contributed by atoms with E-state index in [2.05, 4.69) is 15.6 Å². The van der Waals surface area contributed by atoms with Crippen molar-refractivity contribution in [3.63, 3.8) is 0 Å². The van der Waals surface area contributed by atoms with Gasteiger partial charge in [0.2, 0.25) is 5.91 Å². The van der Waals surface area contributed by atoms with Crippen molar-refractivity contribution < 1.29 is 22.0 Å². The Morgan fingerprint density at radius 1 is 1.19 bits per heavy atom. The number of hydrogen-bond acceptors (Lipinski definition) is 6. The number of carbonyl (C=O) groups is 1. The Morgan fingerprint density at radius 2 is 1.88 bits per heavy atom. The fraction of sp³-hybridized carbons (Fsp3) is 0.273. The first-order valence-electron chi connectivity index (χ1n) is 9.94. The molecule has 0 bridgehead atoms. The van der Waals surface area contributed by atoms with Crippen LogP contribution >= 0.6 is 0 Å². The lowest BCUT2D eigenvalue weighted by atomic mass is 10.1. The molecule has 0 atom stereocenters. The van der Waals surface area contributed by atoms with Crippen LogP contribution < -0.4 is 10.6 Å². The van der Waals surface area contributed by atoms with Gasteiger partial charge in [-0.1, -0.05) is 36.4 Å². The Bertz CT molecular complexity index is 1110. The van der Waals surface area contributed by atoms with Gasteiger partial charge in [-0.15, -0.1) is 0 Å². The highest BCUT2D eigenvalue weighted by Crippen LogP contribution is 2.19. The average molecular weight is 463 g/mol. The van der Waals surface area contributed by atoms with E-state index in [0.717, 1.165) is 48.3 Å². The standard InChI is InChI=1S/C22H24F2N4O3S/c1-28(14-16-7-9-17(10-8-16)22-26-12-13-27-22)20(29)6-3-11-25-15-32(30,31)21-18(23)4-2-5-19(21)24/h2-10,25H,11-15H2,1H3,(H,26,27)/b6-3+. The highest BCUT2D eigenvalue weighted by molar-refractivity contribution is 7.91. The average Bonchev–Trinajstić information content (AvgIpc) is 3.28. The van der Waals surface area contributed by atoms with Crippen LogP contribution in [0.25, 0.3) is 0 Å². The Balaban J connectivity index is 1.46. The molecule has 1 heterocycles. The van der Waals surface area contributed by atoms with Crippen molar-refractivity contribution in [2.24, 2.45) is 4.99 Å². The van der Waals surface area contributed by atoms with Gasteiger partial charge < -0.3 is 10.2 Å². The van der Waals surface area contributed by atoms with E-state index in [1.54, 1.807) is 7.05 Å². The molecule has 2 aromatic rings. The van der Waals surface area contributed by atoms with Gasteiger partial charge in [0.05, 0.1) is 6.54 Å². The lowest BCUT2D eigenvalue weighted by molar-refractivity contribution is -0.125. The fourth-order valence-corrected chi connectivity index (χ4v) is 4.39. The second-order valence-electron chi connectivity index (χ2n) is 7.21. The highest BCUT2D eigenvalue weighted by atomic mass is 32.2. The normalized spacial score (nSPS) is 13.8. The fourth-order valence-electron chi connectivity index (χ4n) is 3.13. The van der Waals surface area contributed by atoms with Crippen LogP contribution in [0.5, 0.6) is 0 Å². The van der Waals surface area contributed by atoms with Crippen LogP contribution in [0.3, 0.4) is 0 Å². The molecule has 0 spiro atoms. The number of nitrogens with zero attached hydrogens (tertiary/aromatic N) is 2. The summed E-state index contributed by atoms with van der Waals surface area (Å²) in [7, 11) is -2.54. The first kappa shape index (κ1) is 23.6. The van der Waals surface area contributed by atoms with Crippen molar-refractivity contribution in [2.45, 2.75) is 11.4 Å². The molecule has 0 fully saturated rings. The molecule has 1 aliphatic rings. The van der Waals surface area contributed by atoms with Crippen molar-refractivity contribution >= 4 is 21.6 Å². The third-order valence-electron chi connectivity index (χ3n) is 4.74. The number of likely N-dealkylation sites (N-methyl/N-ethyl adjacent to an activating group) is 1. The van der Waals surface area contributed by atoms with Crippen molar-refractivity contribution in [3.8, 4) is 0 Å². The number of hydrogen-bond donors (Lipinski definition) is 2. The number of aliphatic imine (C=N–C) groups is 1. The molecular formula is C22H24F2N4O3S. The van der Waals surface area contributed by atoms with Crippen LogP contribution in [0.2, 0.25) is 0 Å². The minimum absolute atomic E-state index is 0.0404. The number of rotatable bonds is 9. The molecule has 2 N–H and O–H groups in total. The minimum atomic E-state index is -4.19. The van der Waals surface area contributed by atoms with Crippen LogP contribution in [0.4, 0.5) is 8.78 Å². The van der Waals surface area contributed by atoms with E-state index in [-0.39, 0.29) is 12.5 Å². The Hall–Kier alpha value is -3.11. The Labute approximate surface area is 185 Å². The second kappa shape index (κ2) is 10.5. The summed E-state index contributed by atoms with van der Waals surface area (Å²) < 4.78 is 51.6. The number of halogens is 2. The molecule has 0 saturated heterocycles. The van der Waals surface area contributed by atoms with E-state index >= 15 is 0 Å². The molecule has 0 aromatic heterocycles. The quantitative estimate of drug-likeness (QED) is 0.439. The maximum Gasteiger partial charge on any atom is 0.246 e. The molecule has 7 nitrogen and oxygen atoms in total. The Kier molecular flexibility index (Phi) is 7.70. The van der Waals surface area contributed by atoms with Crippen LogP contribution in [-0.2, 0) is 21.2 Å². The highest BCUT2D eigenvalue weighted by Gasteiger charge is 2.23. The first-order valence-corrected chi connectivity index (χ1v) is 11.6. The van der Waals surface area contributed by atoms with E-state index in [1.807, 2.05) is 24.3 Å². The molecule has 0 unspecified atom stereocenters. The summed E-state index contributed by atoms with van der Waals surface area (Å²) in [5, 5.41) is 5.76. The molecular weight excluding hydrogens is 438 g/mol. The summed E-state index contributed by atoms with van der Waals surface area (Å²) in [6.07, 6.45) is 2.77. The third kappa shape index (κ3) is 5.98. The largest absolute Gasteiger partial charge is 0.368 e. The second-order valence-corrected chi connectivity index (χ2v) is 9.14.